The van der Waals surface area contributed by atoms with E-state index >= 15 is 0 Å². The van der Waals surface area contributed by atoms with Crippen molar-refractivity contribution in [2.45, 2.75) is 19.8 Å². The van der Waals surface area contributed by atoms with Crippen LogP contribution in [0.3, 0.4) is 0 Å². The van der Waals surface area contributed by atoms with Gasteiger partial charge in [-0.1, -0.05) is 25.1 Å². The van der Waals surface area contributed by atoms with Crippen LogP contribution >= 0.6 is 0 Å². The Labute approximate surface area is 99.9 Å². The molecular formula is C12H16N2O3. The molecule has 0 saturated heterocycles. The van der Waals surface area contributed by atoms with Crippen molar-refractivity contribution in [1.82, 2.24) is 5.48 Å². The van der Waals surface area contributed by atoms with Crippen LogP contribution in [0.25, 0.3) is 0 Å². The van der Waals surface area contributed by atoms with Gasteiger partial charge in [0.05, 0.1) is 0 Å². The largest absolute Gasteiger partial charge is 0.380 e. The smallest absolute Gasteiger partial charge is 0.252 e. The van der Waals surface area contributed by atoms with Gasteiger partial charge in [-0.25, -0.2) is 0 Å². The summed E-state index contributed by atoms with van der Waals surface area (Å²) in [7, 11) is 0. The molecule has 5 heteroatoms. The molecule has 0 fully saturated rings. The fourth-order valence-electron chi connectivity index (χ4n) is 1.38. The number of hydroxylamine groups is 1. The highest BCUT2D eigenvalue weighted by Gasteiger charge is 2.11. The fourth-order valence-corrected chi connectivity index (χ4v) is 1.38. The number of carbonyl (C=O) groups excluding carboxylic acids is 2. The summed E-state index contributed by atoms with van der Waals surface area (Å²) in [5.74, 6) is -0.216. The predicted molar refractivity (Wildman–Crippen MR) is 62.8 cm³/mol. The van der Waals surface area contributed by atoms with Gasteiger partial charge >= 0.3 is 0 Å². The van der Waals surface area contributed by atoms with Crippen LogP contribution < -0.4 is 16.1 Å². The number of benzene rings is 1. The summed E-state index contributed by atoms with van der Waals surface area (Å²) in [4.78, 5) is 27.1. The highest BCUT2D eigenvalue weighted by atomic mass is 16.7. The lowest BCUT2D eigenvalue weighted by Crippen LogP contribution is -2.29. The van der Waals surface area contributed by atoms with Crippen LogP contribution in [-0.2, 0) is 9.59 Å². The lowest BCUT2D eigenvalue weighted by molar-refractivity contribution is -0.128. The van der Waals surface area contributed by atoms with Gasteiger partial charge in [0, 0.05) is 12.8 Å². The molecule has 1 aromatic rings. The van der Waals surface area contributed by atoms with Crippen LogP contribution in [0.4, 0.5) is 0 Å². The molecule has 0 saturated carbocycles. The van der Waals surface area contributed by atoms with E-state index in [0.717, 1.165) is 0 Å². The second-order valence-corrected chi connectivity index (χ2v) is 3.92. The molecule has 0 aliphatic rings. The Morgan fingerprint density at radius 3 is 2.53 bits per heavy atom. The van der Waals surface area contributed by atoms with Crippen molar-refractivity contribution < 1.29 is 14.4 Å². The van der Waals surface area contributed by atoms with E-state index < -0.39 is 5.91 Å². The molecule has 1 rings (SSSR count). The van der Waals surface area contributed by atoms with E-state index in [-0.39, 0.29) is 24.7 Å². The van der Waals surface area contributed by atoms with Crippen LogP contribution in [0.2, 0.25) is 0 Å². The zero-order valence-corrected chi connectivity index (χ0v) is 9.68. The van der Waals surface area contributed by atoms with Crippen LogP contribution in [0.15, 0.2) is 30.3 Å². The first kappa shape index (κ1) is 13.0. The van der Waals surface area contributed by atoms with E-state index in [9.17, 15) is 9.59 Å². The molecule has 0 aliphatic heterocycles. The van der Waals surface area contributed by atoms with Gasteiger partial charge in [-0.2, -0.15) is 5.48 Å². The van der Waals surface area contributed by atoms with Crippen LogP contribution in [0.1, 0.15) is 19.8 Å². The second-order valence-electron chi connectivity index (χ2n) is 3.92. The third-order valence-corrected chi connectivity index (χ3v) is 2.11. The zero-order valence-electron chi connectivity index (χ0n) is 9.68. The Morgan fingerprint density at radius 1 is 1.29 bits per heavy atom. The van der Waals surface area contributed by atoms with Crippen molar-refractivity contribution in [1.29, 1.82) is 0 Å². The Morgan fingerprint density at radius 2 is 1.94 bits per heavy atom. The minimum Gasteiger partial charge on any atom is -0.380 e. The monoisotopic (exact) mass is 236 g/mol. The third-order valence-electron chi connectivity index (χ3n) is 2.11. The molecule has 5 nitrogen and oxygen atoms in total. The molecule has 2 amide bonds. The molecule has 92 valence electrons. The number of primary amides is 1. The Hall–Kier alpha value is -2.04. The number of carbonyl (C=O) groups is 2. The number of para-hydroxylation sites is 1. The maximum absolute atomic E-state index is 11.4. The molecule has 1 aromatic carbocycles. The molecule has 0 bridgehead atoms. The van der Waals surface area contributed by atoms with Gasteiger partial charge in [-0.05, 0) is 18.1 Å². The number of rotatable bonds is 6. The highest BCUT2D eigenvalue weighted by Crippen LogP contribution is 2.08. The number of hydrogen-bond acceptors (Lipinski definition) is 3. The summed E-state index contributed by atoms with van der Waals surface area (Å²) in [5.41, 5.74) is 7.34. The molecule has 0 aliphatic carbocycles. The van der Waals surface area contributed by atoms with Crippen LogP contribution in [0, 0.1) is 5.92 Å². The average Bonchev–Trinajstić information content (AvgIpc) is 2.26. The van der Waals surface area contributed by atoms with Gasteiger partial charge < -0.3 is 10.6 Å². The molecule has 3 N–H and O–H groups in total. The van der Waals surface area contributed by atoms with Gasteiger partial charge in [0.1, 0.15) is 0 Å². The summed E-state index contributed by atoms with van der Waals surface area (Å²) in [6.45, 7) is 1.78. The van der Waals surface area contributed by atoms with Crippen LogP contribution in [-0.4, -0.2) is 11.8 Å². The maximum atomic E-state index is 11.4. The summed E-state index contributed by atoms with van der Waals surface area (Å²) >= 11 is 0. The molecule has 0 radical (unpaired) electrons. The molecule has 0 heterocycles. The number of nitrogens with two attached hydrogens (primary N) is 1. The summed E-state index contributed by atoms with van der Waals surface area (Å²) in [6.07, 6.45) is 0.397. The standard InChI is InChI=1S/C12H16N2O3/c1-9(7-11(13)15)8-12(16)14-17-10-5-3-2-4-6-10/h2-6,9H,7-8H2,1H3,(H2,13,15)(H,14,16)/t9-/m1/s1. The zero-order chi connectivity index (χ0) is 12.7. The summed E-state index contributed by atoms with van der Waals surface area (Å²) in [5, 5.41) is 0. The van der Waals surface area contributed by atoms with Gasteiger partial charge in [-0.3, -0.25) is 9.59 Å². The van der Waals surface area contributed by atoms with Gasteiger partial charge in [0.2, 0.25) is 5.91 Å². The Kier molecular flexibility index (Phi) is 5.00. The maximum Gasteiger partial charge on any atom is 0.252 e. The third kappa shape index (κ3) is 5.55. The minimum absolute atomic E-state index is 0.0909. The summed E-state index contributed by atoms with van der Waals surface area (Å²) in [6, 6.07) is 8.91. The number of hydrogen-bond donors (Lipinski definition) is 2. The van der Waals surface area contributed by atoms with Crippen molar-refractivity contribution in [3.05, 3.63) is 30.3 Å². The lowest BCUT2D eigenvalue weighted by atomic mass is 10.0. The van der Waals surface area contributed by atoms with E-state index in [2.05, 4.69) is 5.48 Å². The first-order chi connectivity index (χ1) is 8.08. The fraction of sp³-hybridized carbons (Fsp3) is 0.333. The lowest BCUT2D eigenvalue weighted by Gasteiger charge is -2.10. The van der Waals surface area contributed by atoms with E-state index in [1.54, 1.807) is 31.2 Å². The number of amides is 2. The van der Waals surface area contributed by atoms with E-state index in [1.807, 2.05) is 6.07 Å². The van der Waals surface area contributed by atoms with E-state index in [0.29, 0.717) is 5.75 Å². The average molecular weight is 236 g/mol. The van der Waals surface area contributed by atoms with Crippen molar-refractivity contribution in [3.8, 4) is 5.75 Å². The topological polar surface area (TPSA) is 81.4 Å². The molecule has 0 spiro atoms. The molecule has 0 aromatic heterocycles. The van der Waals surface area contributed by atoms with Gasteiger partial charge in [0.15, 0.2) is 5.75 Å². The van der Waals surface area contributed by atoms with E-state index in [4.69, 9.17) is 10.6 Å². The quantitative estimate of drug-likeness (QED) is 0.723. The molecular weight excluding hydrogens is 220 g/mol. The number of nitrogens with one attached hydrogen (secondary N) is 1. The second kappa shape index (κ2) is 6.52. The predicted octanol–water partition coefficient (Wildman–Crippen LogP) is 0.998. The van der Waals surface area contributed by atoms with E-state index in [1.165, 1.54) is 0 Å². The van der Waals surface area contributed by atoms with Crippen molar-refractivity contribution >= 4 is 11.8 Å². The van der Waals surface area contributed by atoms with Gasteiger partial charge in [0.25, 0.3) is 5.91 Å². The Balaban J connectivity index is 2.28. The first-order valence-corrected chi connectivity index (χ1v) is 5.37. The normalized spacial score (nSPS) is 11.6. The molecule has 1 atom stereocenters. The highest BCUT2D eigenvalue weighted by molar-refractivity contribution is 5.77. The first-order valence-electron chi connectivity index (χ1n) is 5.37. The molecule has 0 unspecified atom stereocenters. The van der Waals surface area contributed by atoms with Crippen molar-refractivity contribution in [2.75, 3.05) is 0 Å². The van der Waals surface area contributed by atoms with Crippen molar-refractivity contribution in [3.63, 3.8) is 0 Å². The SMILES string of the molecule is C[C@H](CC(N)=O)CC(=O)NOc1ccccc1. The van der Waals surface area contributed by atoms with Gasteiger partial charge in [-0.15, -0.1) is 0 Å². The van der Waals surface area contributed by atoms with Crippen LogP contribution in [0.5, 0.6) is 5.75 Å². The minimum atomic E-state index is -0.408. The molecule has 17 heavy (non-hydrogen) atoms. The Bertz CT molecular complexity index is 379. The van der Waals surface area contributed by atoms with Crippen molar-refractivity contribution in [2.24, 2.45) is 11.7 Å². The summed E-state index contributed by atoms with van der Waals surface area (Å²) < 4.78 is 0.